The second-order valence-electron chi connectivity index (χ2n) is 6.33. The molecule has 1 aromatic carbocycles. The normalized spacial score (nSPS) is 16.3. The molecule has 0 unspecified atom stereocenters. The summed E-state index contributed by atoms with van der Waals surface area (Å²) in [5.74, 6) is -1.99. The van der Waals surface area contributed by atoms with Crippen LogP contribution in [0, 0.1) is 16.0 Å². The molecule has 2 N–H and O–H groups in total. The summed E-state index contributed by atoms with van der Waals surface area (Å²) in [7, 11) is 0. The molecule has 2 rings (SSSR count). The first-order valence-corrected chi connectivity index (χ1v) is 8.42. The summed E-state index contributed by atoms with van der Waals surface area (Å²) in [5.41, 5.74) is 0.449. The van der Waals surface area contributed by atoms with Crippen LogP contribution in [-0.2, 0) is 4.79 Å². The Bertz CT molecular complexity index is 670. The molecule has 1 aliphatic heterocycles. The Labute approximate surface area is 146 Å². The van der Waals surface area contributed by atoms with Crippen LogP contribution in [0.2, 0.25) is 0 Å². The topological polar surface area (TPSA) is 113 Å². The van der Waals surface area contributed by atoms with E-state index >= 15 is 0 Å². The van der Waals surface area contributed by atoms with Crippen molar-refractivity contribution in [3.05, 3.63) is 33.9 Å². The standard InChI is InChI=1S/C17H23N3O5/c1-3-11(2)15(17(22)23)18-16(21)12-6-7-13(14(10-12)20(24)25)19-8-4-5-9-19/h6-7,10-11,15H,3-5,8-9H2,1-2H3,(H,18,21)(H,22,23)/t11-,15-/m0/s1. The van der Waals surface area contributed by atoms with E-state index in [2.05, 4.69) is 5.32 Å². The number of carbonyl (C=O) groups is 2. The Morgan fingerprint density at radius 1 is 1.36 bits per heavy atom. The predicted octanol–water partition coefficient (Wildman–Crippen LogP) is 2.42. The van der Waals surface area contributed by atoms with Gasteiger partial charge in [0, 0.05) is 24.7 Å². The van der Waals surface area contributed by atoms with Crippen molar-refractivity contribution < 1.29 is 19.6 Å². The molecule has 0 radical (unpaired) electrons. The van der Waals surface area contributed by atoms with Crippen molar-refractivity contribution in [2.45, 2.75) is 39.2 Å². The first-order valence-electron chi connectivity index (χ1n) is 8.42. The highest BCUT2D eigenvalue weighted by atomic mass is 16.6. The maximum absolute atomic E-state index is 12.4. The minimum atomic E-state index is -1.12. The second-order valence-corrected chi connectivity index (χ2v) is 6.33. The van der Waals surface area contributed by atoms with E-state index in [1.165, 1.54) is 12.1 Å². The number of hydrogen-bond acceptors (Lipinski definition) is 5. The third kappa shape index (κ3) is 4.26. The molecule has 1 amide bonds. The van der Waals surface area contributed by atoms with E-state index in [9.17, 15) is 24.8 Å². The minimum Gasteiger partial charge on any atom is -0.480 e. The number of nitro groups is 1. The lowest BCUT2D eigenvalue weighted by molar-refractivity contribution is -0.384. The maximum Gasteiger partial charge on any atom is 0.326 e. The molecule has 0 bridgehead atoms. The summed E-state index contributed by atoms with van der Waals surface area (Å²) in [5, 5.41) is 23.1. The van der Waals surface area contributed by atoms with Crippen molar-refractivity contribution in [3.8, 4) is 0 Å². The Morgan fingerprint density at radius 2 is 2.00 bits per heavy atom. The molecule has 8 nitrogen and oxygen atoms in total. The largest absolute Gasteiger partial charge is 0.480 e. The molecule has 136 valence electrons. The van der Waals surface area contributed by atoms with E-state index in [4.69, 9.17) is 0 Å². The molecule has 0 saturated carbocycles. The van der Waals surface area contributed by atoms with Gasteiger partial charge in [0.05, 0.1) is 4.92 Å². The van der Waals surface area contributed by atoms with Crippen molar-refractivity contribution in [2.75, 3.05) is 18.0 Å². The number of carbonyl (C=O) groups excluding carboxylic acids is 1. The molecule has 0 aromatic heterocycles. The number of carboxylic acid groups (broad SMARTS) is 1. The van der Waals surface area contributed by atoms with Crippen LogP contribution in [0.15, 0.2) is 18.2 Å². The van der Waals surface area contributed by atoms with E-state index in [1.807, 2.05) is 11.8 Å². The minimum absolute atomic E-state index is 0.0872. The zero-order valence-electron chi connectivity index (χ0n) is 14.4. The van der Waals surface area contributed by atoms with Crippen LogP contribution in [0.5, 0.6) is 0 Å². The van der Waals surface area contributed by atoms with E-state index in [-0.39, 0.29) is 17.2 Å². The molecule has 1 aliphatic rings. The van der Waals surface area contributed by atoms with Gasteiger partial charge in [-0.25, -0.2) is 4.79 Å². The number of amides is 1. The molecule has 8 heteroatoms. The van der Waals surface area contributed by atoms with Gasteiger partial charge in [-0.15, -0.1) is 0 Å². The van der Waals surface area contributed by atoms with Crippen molar-refractivity contribution in [3.63, 3.8) is 0 Å². The van der Waals surface area contributed by atoms with Crippen molar-refractivity contribution in [1.82, 2.24) is 5.32 Å². The van der Waals surface area contributed by atoms with Crippen molar-refractivity contribution in [1.29, 1.82) is 0 Å². The summed E-state index contributed by atoms with van der Waals surface area (Å²) >= 11 is 0. The van der Waals surface area contributed by atoms with E-state index in [0.29, 0.717) is 12.1 Å². The Kier molecular flexibility index (Phi) is 5.95. The number of hydrogen-bond donors (Lipinski definition) is 2. The fourth-order valence-corrected chi connectivity index (χ4v) is 2.94. The quantitative estimate of drug-likeness (QED) is 0.577. The van der Waals surface area contributed by atoms with Gasteiger partial charge in [-0.1, -0.05) is 20.3 Å². The average molecular weight is 349 g/mol. The predicted molar refractivity (Wildman–Crippen MR) is 92.9 cm³/mol. The van der Waals surface area contributed by atoms with Gasteiger partial charge in [-0.3, -0.25) is 14.9 Å². The number of nitrogens with one attached hydrogen (secondary N) is 1. The molecular weight excluding hydrogens is 326 g/mol. The number of carboxylic acids is 1. The molecule has 1 heterocycles. The number of aliphatic carboxylic acids is 1. The maximum atomic E-state index is 12.4. The van der Waals surface area contributed by atoms with Gasteiger partial charge < -0.3 is 15.3 Å². The SMILES string of the molecule is CC[C@H](C)[C@H](NC(=O)c1ccc(N2CCCC2)c([N+](=O)[O-])c1)C(=O)O. The van der Waals surface area contributed by atoms with Gasteiger partial charge in [0.1, 0.15) is 11.7 Å². The van der Waals surface area contributed by atoms with Crippen molar-refractivity contribution >= 4 is 23.3 Å². The first-order chi connectivity index (χ1) is 11.8. The molecule has 2 atom stereocenters. The summed E-state index contributed by atoms with van der Waals surface area (Å²) in [6.45, 7) is 5.07. The Morgan fingerprint density at radius 3 is 2.52 bits per heavy atom. The second kappa shape index (κ2) is 7.96. The number of nitrogens with zero attached hydrogens (tertiary/aromatic N) is 2. The van der Waals surface area contributed by atoms with Crippen LogP contribution in [0.3, 0.4) is 0 Å². The monoisotopic (exact) mass is 349 g/mol. The number of nitro benzene ring substituents is 1. The lowest BCUT2D eigenvalue weighted by Gasteiger charge is -2.21. The fourth-order valence-electron chi connectivity index (χ4n) is 2.94. The highest BCUT2D eigenvalue weighted by molar-refractivity contribution is 5.98. The van der Waals surface area contributed by atoms with E-state index < -0.39 is 22.8 Å². The van der Waals surface area contributed by atoms with Crippen LogP contribution in [0.4, 0.5) is 11.4 Å². The van der Waals surface area contributed by atoms with Crippen LogP contribution in [0.1, 0.15) is 43.5 Å². The number of anilines is 1. The molecule has 1 aromatic rings. The van der Waals surface area contributed by atoms with Crippen LogP contribution < -0.4 is 10.2 Å². The fraction of sp³-hybridized carbons (Fsp3) is 0.529. The number of benzene rings is 1. The molecular formula is C17H23N3O5. The van der Waals surface area contributed by atoms with Gasteiger partial charge in [-0.2, -0.15) is 0 Å². The summed E-state index contributed by atoms with van der Waals surface area (Å²) in [6, 6.07) is 3.26. The van der Waals surface area contributed by atoms with Crippen LogP contribution in [0.25, 0.3) is 0 Å². The van der Waals surface area contributed by atoms with Gasteiger partial charge in [0.25, 0.3) is 11.6 Å². The van der Waals surface area contributed by atoms with Crippen LogP contribution in [-0.4, -0.2) is 41.0 Å². The van der Waals surface area contributed by atoms with Gasteiger partial charge in [-0.05, 0) is 30.9 Å². The highest BCUT2D eigenvalue weighted by Crippen LogP contribution is 2.31. The first kappa shape index (κ1) is 18.7. The third-order valence-electron chi connectivity index (χ3n) is 4.65. The van der Waals surface area contributed by atoms with Gasteiger partial charge in [0.2, 0.25) is 0 Å². The lowest BCUT2D eigenvalue weighted by atomic mass is 9.99. The smallest absolute Gasteiger partial charge is 0.326 e. The molecule has 25 heavy (non-hydrogen) atoms. The number of rotatable bonds is 7. The summed E-state index contributed by atoms with van der Waals surface area (Å²) in [6.07, 6.45) is 2.55. The third-order valence-corrected chi connectivity index (χ3v) is 4.65. The van der Waals surface area contributed by atoms with Crippen molar-refractivity contribution in [2.24, 2.45) is 5.92 Å². The van der Waals surface area contributed by atoms with Gasteiger partial charge >= 0.3 is 5.97 Å². The summed E-state index contributed by atoms with van der Waals surface area (Å²) < 4.78 is 0. The lowest BCUT2D eigenvalue weighted by Crippen LogP contribution is -2.45. The molecule has 0 aliphatic carbocycles. The zero-order chi connectivity index (χ0) is 18.6. The van der Waals surface area contributed by atoms with Crippen LogP contribution >= 0.6 is 0 Å². The van der Waals surface area contributed by atoms with E-state index in [0.717, 1.165) is 25.9 Å². The summed E-state index contributed by atoms with van der Waals surface area (Å²) in [4.78, 5) is 36.5. The van der Waals surface area contributed by atoms with Gasteiger partial charge in [0.15, 0.2) is 0 Å². The average Bonchev–Trinajstić information content (AvgIpc) is 3.12. The highest BCUT2D eigenvalue weighted by Gasteiger charge is 2.28. The molecule has 1 fully saturated rings. The Balaban J connectivity index is 2.26. The van der Waals surface area contributed by atoms with E-state index in [1.54, 1.807) is 13.0 Å². The Hall–Kier alpha value is -2.64. The molecule has 1 saturated heterocycles. The molecule has 0 spiro atoms. The zero-order valence-corrected chi connectivity index (χ0v) is 14.4.